The Morgan fingerprint density at radius 2 is 1.81 bits per heavy atom. The zero-order valence-corrected chi connectivity index (χ0v) is 12.9. The van der Waals surface area contributed by atoms with Gasteiger partial charge in [-0.25, -0.2) is 0 Å². The van der Waals surface area contributed by atoms with Crippen molar-refractivity contribution in [1.29, 1.82) is 5.26 Å². The van der Waals surface area contributed by atoms with Crippen molar-refractivity contribution in [3.63, 3.8) is 0 Å². The molecule has 0 saturated carbocycles. The van der Waals surface area contributed by atoms with Gasteiger partial charge in [-0.1, -0.05) is 12.1 Å². The van der Waals surface area contributed by atoms with Gasteiger partial charge in [-0.05, 0) is 44.1 Å². The molecule has 1 aliphatic heterocycles. The van der Waals surface area contributed by atoms with Gasteiger partial charge in [0.1, 0.15) is 0 Å². The molecule has 0 unspecified atom stereocenters. The van der Waals surface area contributed by atoms with E-state index in [9.17, 15) is 0 Å². The molecule has 4 heteroatoms. The van der Waals surface area contributed by atoms with E-state index in [1.807, 2.05) is 19.1 Å². The Morgan fingerprint density at radius 3 is 2.52 bits per heavy atom. The summed E-state index contributed by atoms with van der Waals surface area (Å²) < 4.78 is 5.44. The van der Waals surface area contributed by atoms with Gasteiger partial charge < -0.3 is 4.74 Å². The van der Waals surface area contributed by atoms with E-state index in [1.165, 1.54) is 12.0 Å². The number of hydrogen-bond donors (Lipinski definition) is 0. The molecule has 4 nitrogen and oxygen atoms in total. The van der Waals surface area contributed by atoms with Gasteiger partial charge in [-0.3, -0.25) is 9.80 Å². The van der Waals surface area contributed by atoms with Gasteiger partial charge in [0.05, 0.1) is 18.2 Å². The van der Waals surface area contributed by atoms with Crippen molar-refractivity contribution in [2.24, 2.45) is 0 Å². The van der Waals surface area contributed by atoms with Crippen LogP contribution < -0.4 is 0 Å². The lowest BCUT2D eigenvalue weighted by Gasteiger charge is -2.21. The van der Waals surface area contributed by atoms with Crippen molar-refractivity contribution in [2.75, 3.05) is 45.9 Å². The third kappa shape index (κ3) is 5.47. The molecule has 0 amide bonds. The summed E-state index contributed by atoms with van der Waals surface area (Å²) >= 11 is 0. The average molecular weight is 287 g/mol. The highest BCUT2D eigenvalue weighted by Gasteiger charge is 2.14. The van der Waals surface area contributed by atoms with Crippen LogP contribution in [0.15, 0.2) is 24.3 Å². The smallest absolute Gasteiger partial charge is 0.0991 e. The van der Waals surface area contributed by atoms with Crippen LogP contribution in [0.25, 0.3) is 0 Å². The number of ether oxygens (including phenoxy) is 1. The number of nitrogens with zero attached hydrogens (tertiary/aromatic N) is 3. The number of rotatable bonds is 6. The molecule has 21 heavy (non-hydrogen) atoms. The van der Waals surface area contributed by atoms with E-state index in [0.29, 0.717) is 0 Å². The molecule has 0 spiro atoms. The van der Waals surface area contributed by atoms with Gasteiger partial charge in [0.25, 0.3) is 0 Å². The maximum absolute atomic E-state index is 8.83. The maximum atomic E-state index is 8.83. The van der Waals surface area contributed by atoms with E-state index in [-0.39, 0.29) is 0 Å². The summed E-state index contributed by atoms with van der Waals surface area (Å²) in [6.07, 6.45) is 1.21. The third-order valence-corrected chi connectivity index (χ3v) is 3.93. The van der Waals surface area contributed by atoms with Gasteiger partial charge in [0.2, 0.25) is 0 Å². The molecular formula is C17H25N3O. The minimum Gasteiger partial charge on any atom is -0.380 e. The van der Waals surface area contributed by atoms with Gasteiger partial charge in [0.15, 0.2) is 0 Å². The zero-order valence-electron chi connectivity index (χ0n) is 12.9. The first-order valence-corrected chi connectivity index (χ1v) is 7.83. The zero-order chi connectivity index (χ0) is 14.9. The van der Waals surface area contributed by atoms with E-state index in [4.69, 9.17) is 10.00 Å². The highest BCUT2D eigenvalue weighted by atomic mass is 16.5. The predicted molar refractivity (Wildman–Crippen MR) is 84.0 cm³/mol. The Hall–Kier alpha value is -1.41. The van der Waals surface area contributed by atoms with Crippen molar-refractivity contribution in [3.05, 3.63) is 35.4 Å². The largest absolute Gasteiger partial charge is 0.380 e. The molecule has 1 heterocycles. The number of benzene rings is 1. The molecule has 2 rings (SSSR count). The second-order valence-electron chi connectivity index (χ2n) is 5.48. The summed E-state index contributed by atoms with van der Waals surface area (Å²) in [5, 5.41) is 8.83. The summed E-state index contributed by atoms with van der Waals surface area (Å²) in [4.78, 5) is 5.00. The van der Waals surface area contributed by atoms with Crippen molar-refractivity contribution in [2.45, 2.75) is 19.9 Å². The monoisotopic (exact) mass is 287 g/mol. The highest BCUT2D eigenvalue weighted by molar-refractivity contribution is 5.31. The Kier molecular flexibility index (Phi) is 6.68. The number of hydrogen-bond acceptors (Lipinski definition) is 4. The number of nitriles is 1. The lowest BCUT2D eigenvalue weighted by Crippen LogP contribution is -2.32. The highest BCUT2D eigenvalue weighted by Crippen LogP contribution is 2.10. The molecule has 0 atom stereocenters. The van der Waals surface area contributed by atoms with Crippen molar-refractivity contribution in [3.8, 4) is 6.07 Å². The summed E-state index contributed by atoms with van der Waals surface area (Å²) in [6, 6.07) is 10.1. The minimum absolute atomic E-state index is 0.733. The van der Waals surface area contributed by atoms with E-state index in [0.717, 1.165) is 58.0 Å². The van der Waals surface area contributed by atoms with Gasteiger partial charge in [-0.2, -0.15) is 5.26 Å². The fourth-order valence-electron chi connectivity index (χ4n) is 2.69. The molecule has 1 aromatic rings. The fraction of sp³-hybridized carbons (Fsp3) is 0.588. The second kappa shape index (κ2) is 8.78. The van der Waals surface area contributed by atoms with Gasteiger partial charge in [-0.15, -0.1) is 0 Å². The topological polar surface area (TPSA) is 39.5 Å². The van der Waals surface area contributed by atoms with E-state index < -0.39 is 0 Å². The molecule has 0 aromatic heterocycles. The molecule has 1 saturated heterocycles. The van der Waals surface area contributed by atoms with Gasteiger partial charge >= 0.3 is 0 Å². The molecule has 1 aliphatic rings. The Bertz CT molecular complexity index is 452. The minimum atomic E-state index is 0.733. The molecule has 0 aliphatic carbocycles. The first-order valence-electron chi connectivity index (χ1n) is 7.83. The van der Waals surface area contributed by atoms with Crippen molar-refractivity contribution in [1.82, 2.24) is 9.80 Å². The van der Waals surface area contributed by atoms with Crippen LogP contribution in [-0.4, -0.2) is 55.7 Å². The van der Waals surface area contributed by atoms with E-state index >= 15 is 0 Å². The van der Waals surface area contributed by atoms with Crippen LogP contribution in [-0.2, 0) is 11.3 Å². The first-order chi connectivity index (χ1) is 10.3. The second-order valence-corrected chi connectivity index (χ2v) is 5.48. The summed E-state index contributed by atoms with van der Waals surface area (Å²) in [5.41, 5.74) is 2.02. The normalized spacial score (nSPS) is 17.3. The van der Waals surface area contributed by atoms with E-state index in [1.54, 1.807) is 0 Å². The van der Waals surface area contributed by atoms with Crippen LogP contribution in [0.2, 0.25) is 0 Å². The fourth-order valence-corrected chi connectivity index (χ4v) is 2.69. The molecular weight excluding hydrogens is 262 g/mol. The maximum Gasteiger partial charge on any atom is 0.0991 e. The lowest BCUT2D eigenvalue weighted by molar-refractivity contribution is 0.114. The SMILES string of the molecule is CCOCCN1CCCN(Cc2ccc(C#N)cc2)CC1. The van der Waals surface area contributed by atoms with Crippen molar-refractivity contribution >= 4 is 0 Å². The Balaban J connectivity index is 1.78. The summed E-state index contributed by atoms with van der Waals surface area (Å²) in [7, 11) is 0. The lowest BCUT2D eigenvalue weighted by atomic mass is 10.1. The standard InChI is InChI=1S/C17H25N3O/c1-2-21-13-12-19-8-3-9-20(11-10-19)15-17-6-4-16(14-18)5-7-17/h4-7H,2-3,8-13,15H2,1H3. The molecule has 1 aromatic carbocycles. The quantitative estimate of drug-likeness (QED) is 0.751. The van der Waals surface area contributed by atoms with Crippen LogP contribution in [0, 0.1) is 11.3 Å². The van der Waals surface area contributed by atoms with Crippen LogP contribution in [0.4, 0.5) is 0 Å². The predicted octanol–water partition coefficient (Wildman–Crippen LogP) is 2.10. The van der Waals surface area contributed by atoms with Crippen LogP contribution in [0.1, 0.15) is 24.5 Å². The van der Waals surface area contributed by atoms with Crippen molar-refractivity contribution < 1.29 is 4.74 Å². The molecule has 0 N–H and O–H groups in total. The van der Waals surface area contributed by atoms with Gasteiger partial charge in [0, 0.05) is 32.8 Å². The molecule has 0 bridgehead atoms. The first kappa shape index (κ1) is 16.0. The molecule has 114 valence electrons. The van der Waals surface area contributed by atoms with Crippen LogP contribution in [0.5, 0.6) is 0 Å². The summed E-state index contributed by atoms with van der Waals surface area (Å²) in [5.74, 6) is 0. The van der Waals surface area contributed by atoms with Crippen LogP contribution >= 0.6 is 0 Å². The third-order valence-electron chi connectivity index (χ3n) is 3.93. The average Bonchev–Trinajstić information content (AvgIpc) is 2.74. The molecule has 1 fully saturated rings. The van der Waals surface area contributed by atoms with E-state index in [2.05, 4.69) is 28.0 Å². The van der Waals surface area contributed by atoms with Crippen LogP contribution in [0.3, 0.4) is 0 Å². The Morgan fingerprint density at radius 1 is 1.10 bits per heavy atom. The Labute approximate surface area is 127 Å². The summed E-state index contributed by atoms with van der Waals surface area (Å²) in [6.45, 7) is 10.2. The molecule has 0 radical (unpaired) electrons.